The van der Waals surface area contributed by atoms with Gasteiger partial charge in [0.2, 0.25) is 11.8 Å². The monoisotopic (exact) mass is 839 g/mol. The van der Waals surface area contributed by atoms with E-state index in [-0.39, 0.29) is 41.3 Å². The van der Waals surface area contributed by atoms with E-state index in [2.05, 4.69) is 38.5 Å². The van der Waals surface area contributed by atoms with Gasteiger partial charge in [-0.3, -0.25) is 24.1 Å². The number of allylic oxidation sites excluding steroid dienone is 4. The number of carbonyl (C=O) groups is 4. The van der Waals surface area contributed by atoms with Crippen LogP contribution >= 0.6 is 38.5 Å². The molecule has 2 amide bonds. The third-order valence-electron chi connectivity index (χ3n) is 11.1. The number of phenolic OH excluding ortho intramolecular Hbond substituents is 1. The average molecular weight is 841 g/mol. The van der Waals surface area contributed by atoms with Crippen LogP contribution < -0.4 is 9.64 Å². The molecule has 0 radical (unpaired) electrons. The van der Waals surface area contributed by atoms with E-state index in [0.29, 0.717) is 38.8 Å². The molecule has 250 valence electrons. The molecule has 1 saturated heterocycles. The minimum absolute atomic E-state index is 0.0892. The lowest BCUT2D eigenvalue weighted by atomic mass is 9.44. The van der Waals surface area contributed by atoms with Gasteiger partial charge in [0.1, 0.15) is 0 Å². The lowest BCUT2D eigenvalue weighted by molar-refractivity contribution is -0.135. The van der Waals surface area contributed by atoms with Crippen molar-refractivity contribution in [3.63, 3.8) is 0 Å². The number of imide groups is 1. The van der Waals surface area contributed by atoms with Crippen molar-refractivity contribution < 1.29 is 29.0 Å². The van der Waals surface area contributed by atoms with Crippen molar-refractivity contribution in [2.45, 2.75) is 24.2 Å². The number of Topliss-reactive ketones (excluding diaryl/α,β-unsaturated/α-hetero) is 1. The van der Waals surface area contributed by atoms with E-state index in [1.807, 2.05) is 78.9 Å². The molecule has 4 aromatic rings. The van der Waals surface area contributed by atoms with E-state index in [4.69, 9.17) is 4.74 Å². The number of hydrogen-bond donors (Lipinski definition) is 1. The number of aromatic hydroxyl groups is 1. The van der Waals surface area contributed by atoms with E-state index in [9.17, 15) is 14.7 Å². The quantitative estimate of drug-likeness (QED) is 0.125. The second kappa shape index (κ2) is 12.5. The topological polar surface area (TPSA) is 101 Å². The molecule has 1 heterocycles. The highest BCUT2D eigenvalue weighted by Gasteiger charge is 2.66. The molecule has 50 heavy (non-hydrogen) atoms. The van der Waals surface area contributed by atoms with Gasteiger partial charge in [0.05, 0.1) is 34.5 Å². The number of methoxy groups -OCH3 is 1. The molecule has 7 nitrogen and oxygen atoms in total. The van der Waals surface area contributed by atoms with E-state index in [1.54, 1.807) is 24.3 Å². The van der Waals surface area contributed by atoms with Gasteiger partial charge in [-0.15, -0.1) is 0 Å². The van der Waals surface area contributed by atoms with Crippen LogP contribution in [0.15, 0.2) is 119 Å². The van der Waals surface area contributed by atoms with Crippen LogP contribution in [0.1, 0.15) is 35.4 Å². The van der Waals surface area contributed by atoms with Gasteiger partial charge in [0.15, 0.2) is 23.1 Å². The summed E-state index contributed by atoms with van der Waals surface area (Å²) in [6, 6.07) is 29.4. The Bertz CT molecular complexity index is 2150. The predicted octanol–water partition coefficient (Wildman–Crippen LogP) is 7.80. The number of halogens is 2. The van der Waals surface area contributed by atoms with Crippen molar-refractivity contribution in [1.29, 1.82) is 0 Å². The van der Waals surface area contributed by atoms with Gasteiger partial charge in [-0.1, -0.05) is 72.3 Å². The van der Waals surface area contributed by atoms with Gasteiger partial charge >= 0.3 is 0 Å². The second-order valence-electron chi connectivity index (χ2n) is 13.3. The van der Waals surface area contributed by atoms with E-state index in [0.717, 1.165) is 9.14 Å². The maximum absolute atomic E-state index is 15.2. The molecule has 6 unspecified atom stereocenters. The maximum atomic E-state index is 15.2. The van der Waals surface area contributed by atoms with Crippen molar-refractivity contribution in [1.82, 2.24) is 0 Å². The molecular formula is C41H31BrINO6. The molecule has 0 aromatic heterocycles. The van der Waals surface area contributed by atoms with Crippen LogP contribution in [0.3, 0.4) is 0 Å². The number of anilines is 1. The van der Waals surface area contributed by atoms with Crippen LogP contribution in [-0.2, 0) is 24.6 Å². The minimum Gasteiger partial charge on any atom is -0.503 e. The average Bonchev–Trinajstić information content (AvgIpc) is 3.40. The molecule has 2 fully saturated rings. The summed E-state index contributed by atoms with van der Waals surface area (Å²) in [6.45, 7) is 0. The number of carbonyl (C=O) groups excluding carboxylic acids is 4. The summed E-state index contributed by atoms with van der Waals surface area (Å²) in [5.74, 6) is -4.22. The summed E-state index contributed by atoms with van der Waals surface area (Å²) in [4.78, 5) is 60.1. The fourth-order valence-corrected chi connectivity index (χ4v) is 9.83. The number of rotatable bonds is 5. The van der Waals surface area contributed by atoms with Crippen molar-refractivity contribution in [3.05, 3.63) is 140 Å². The Hall–Kier alpha value is -4.35. The van der Waals surface area contributed by atoms with Crippen LogP contribution in [0, 0.1) is 27.2 Å². The molecule has 9 heteroatoms. The Labute approximate surface area is 311 Å². The third-order valence-corrected chi connectivity index (χ3v) is 12.4. The maximum Gasteiger partial charge on any atom is 0.238 e. The minimum atomic E-state index is -1.38. The smallest absolute Gasteiger partial charge is 0.238 e. The Balaban J connectivity index is 1.38. The number of benzene rings is 4. The Morgan fingerprint density at radius 1 is 0.880 bits per heavy atom. The lowest BCUT2D eigenvalue weighted by Crippen LogP contribution is -2.58. The number of nitrogens with zero attached hydrogens (tertiary/aromatic N) is 1. The van der Waals surface area contributed by atoms with Crippen molar-refractivity contribution >= 4 is 73.2 Å². The molecule has 3 aliphatic carbocycles. The van der Waals surface area contributed by atoms with Gasteiger partial charge in [0.25, 0.3) is 0 Å². The third kappa shape index (κ3) is 4.80. The molecule has 0 spiro atoms. The highest BCUT2D eigenvalue weighted by Crippen LogP contribution is 2.64. The summed E-state index contributed by atoms with van der Waals surface area (Å²) in [6.07, 6.45) is 4.05. The number of ether oxygens (including phenoxy) is 1. The van der Waals surface area contributed by atoms with Crippen molar-refractivity contribution in [2.75, 3.05) is 12.0 Å². The van der Waals surface area contributed by atoms with Gasteiger partial charge < -0.3 is 9.84 Å². The van der Waals surface area contributed by atoms with E-state index >= 15 is 9.59 Å². The highest BCUT2D eigenvalue weighted by atomic mass is 127. The van der Waals surface area contributed by atoms with E-state index in [1.165, 1.54) is 18.1 Å². The molecule has 8 rings (SSSR count). The predicted molar refractivity (Wildman–Crippen MR) is 201 cm³/mol. The standard InChI is InChI=1S/C41H31BrINO6/c1-50-33-19-23(18-32(42)38(33)47)36-27-16-17-28-35(40(49)44(39(28)48)26-14-12-25(43)13-15-26)30(27)20-31-37(46)29(22-8-4-2-5-9-22)21-34(45)41(31,36)24-10-6-3-7-11-24/h2-16,18-19,21,28,30-31,35-36,47H,17,20H2,1H3. The number of fused-ring (bicyclic) bond motifs is 4. The SMILES string of the molecule is COc1cc(C2C3=CCC4C(=O)N(c5ccc(I)cc5)C(=O)C4C3CC3C(=O)C(c4ccccc4)=CC(=O)C32c2ccccc2)cc(Br)c1O. The number of hydrogen-bond acceptors (Lipinski definition) is 6. The Morgan fingerprint density at radius 3 is 2.24 bits per heavy atom. The van der Waals surface area contributed by atoms with Crippen molar-refractivity contribution in [3.8, 4) is 11.5 Å². The molecule has 1 N–H and O–H groups in total. The van der Waals surface area contributed by atoms with Crippen LogP contribution in [0.4, 0.5) is 5.69 Å². The number of phenols is 1. The molecule has 6 atom stereocenters. The zero-order chi connectivity index (χ0) is 34.9. The fraction of sp³-hybridized carbons (Fsp3) is 0.220. The number of amides is 2. The Kier molecular flexibility index (Phi) is 8.18. The molecular weight excluding hydrogens is 809 g/mol. The molecule has 1 aliphatic heterocycles. The first kappa shape index (κ1) is 32.8. The van der Waals surface area contributed by atoms with Gasteiger partial charge in [-0.05, 0) is 116 Å². The first-order chi connectivity index (χ1) is 24.2. The zero-order valence-electron chi connectivity index (χ0n) is 26.9. The largest absolute Gasteiger partial charge is 0.503 e. The highest BCUT2D eigenvalue weighted by molar-refractivity contribution is 14.1. The molecule has 0 bridgehead atoms. The molecule has 1 saturated carbocycles. The summed E-state index contributed by atoms with van der Waals surface area (Å²) in [7, 11) is 1.46. The molecule has 4 aliphatic rings. The first-order valence-corrected chi connectivity index (χ1v) is 18.3. The van der Waals surface area contributed by atoms with Gasteiger partial charge in [-0.25, -0.2) is 0 Å². The summed E-state index contributed by atoms with van der Waals surface area (Å²) in [5.41, 5.74) is 2.31. The Morgan fingerprint density at radius 2 is 1.56 bits per heavy atom. The van der Waals surface area contributed by atoms with Gasteiger partial charge in [-0.2, -0.15) is 0 Å². The van der Waals surface area contributed by atoms with Crippen LogP contribution in [-0.4, -0.2) is 35.6 Å². The van der Waals surface area contributed by atoms with Gasteiger partial charge in [0, 0.05) is 21.0 Å². The lowest BCUT2D eigenvalue weighted by Gasteiger charge is -2.55. The first-order valence-electron chi connectivity index (χ1n) is 16.5. The zero-order valence-corrected chi connectivity index (χ0v) is 30.6. The molecule has 4 aromatic carbocycles. The van der Waals surface area contributed by atoms with Crippen LogP contribution in [0.25, 0.3) is 5.57 Å². The number of ketones is 2. The van der Waals surface area contributed by atoms with Crippen LogP contribution in [0.2, 0.25) is 0 Å². The van der Waals surface area contributed by atoms with E-state index < -0.39 is 35.0 Å². The summed E-state index contributed by atoms with van der Waals surface area (Å²) < 4.78 is 6.95. The summed E-state index contributed by atoms with van der Waals surface area (Å²) in [5, 5.41) is 10.9. The normalized spacial score (nSPS) is 27.3. The van der Waals surface area contributed by atoms with Crippen LogP contribution in [0.5, 0.6) is 11.5 Å². The second-order valence-corrected chi connectivity index (χ2v) is 15.4. The summed E-state index contributed by atoms with van der Waals surface area (Å²) >= 11 is 5.69. The van der Waals surface area contributed by atoms with Crippen molar-refractivity contribution in [2.24, 2.45) is 23.7 Å². The fourth-order valence-electron chi connectivity index (χ4n) is 9.01.